The summed E-state index contributed by atoms with van der Waals surface area (Å²) in [5, 5.41) is 2.91. The Morgan fingerprint density at radius 2 is 1.70 bits per heavy atom. The van der Waals surface area contributed by atoms with E-state index in [0.717, 1.165) is 13.1 Å². The third-order valence-corrected chi connectivity index (χ3v) is 4.99. The normalized spacial score (nSPS) is 19.1. The van der Waals surface area contributed by atoms with Gasteiger partial charge in [-0.15, -0.1) is 0 Å². The molecule has 148 valence electrons. The molecule has 0 radical (unpaired) electrons. The van der Waals surface area contributed by atoms with Gasteiger partial charge in [0.05, 0.1) is 32.0 Å². The molecular weight excluding hydrogens is 375 g/mol. The van der Waals surface area contributed by atoms with E-state index in [4.69, 9.17) is 16.3 Å². The maximum atomic E-state index is 13.7. The number of carbonyl (C=O) groups is 2. The van der Waals surface area contributed by atoms with Crippen molar-refractivity contribution in [2.75, 3.05) is 70.9 Å². The van der Waals surface area contributed by atoms with Crippen LogP contribution in [0.4, 0.5) is 10.1 Å². The molecular formula is C18H24ClFN4O3. The highest BCUT2D eigenvalue weighted by Gasteiger charge is 2.24. The van der Waals surface area contributed by atoms with Crippen molar-refractivity contribution in [2.24, 2.45) is 0 Å². The Hall–Kier alpha value is -1.74. The molecule has 2 aliphatic heterocycles. The Morgan fingerprint density at radius 1 is 1.04 bits per heavy atom. The number of carbonyl (C=O) groups excluding carboxylic acids is 2. The van der Waals surface area contributed by atoms with Gasteiger partial charge in [-0.25, -0.2) is 4.39 Å². The maximum Gasteiger partial charge on any atom is 0.238 e. The number of benzene rings is 1. The molecule has 1 aromatic carbocycles. The zero-order valence-corrected chi connectivity index (χ0v) is 15.9. The molecule has 1 aromatic rings. The Morgan fingerprint density at radius 3 is 2.41 bits per heavy atom. The Bertz CT molecular complexity index is 677. The van der Waals surface area contributed by atoms with Crippen LogP contribution in [0, 0.1) is 5.82 Å². The number of nitrogens with zero attached hydrogens (tertiary/aromatic N) is 3. The zero-order chi connectivity index (χ0) is 19.2. The van der Waals surface area contributed by atoms with Crippen LogP contribution in [0.1, 0.15) is 0 Å². The van der Waals surface area contributed by atoms with Crippen LogP contribution in [-0.4, -0.2) is 92.1 Å². The number of piperazine rings is 1. The number of ether oxygens (including phenoxy) is 1. The van der Waals surface area contributed by atoms with Gasteiger partial charge in [0.2, 0.25) is 11.8 Å². The standard InChI is InChI=1S/C18H24ClFN4O3/c19-14-1-2-15(20)16(11-14)21-17(25)12-22-3-5-24(6-4-22)18(26)13-23-7-9-27-10-8-23/h1-2,11H,3-10,12-13H2,(H,21,25). The number of anilines is 1. The highest BCUT2D eigenvalue weighted by atomic mass is 35.5. The van der Waals surface area contributed by atoms with Gasteiger partial charge in [0.25, 0.3) is 0 Å². The SMILES string of the molecule is O=C(CN1CCN(C(=O)CN2CCOCC2)CC1)Nc1cc(Cl)ccc1F. The number of rotatable bonds is 5. The minimum absolute atomic E-state index is 0.0758. The predicted molar refractivity (Wildman–Crippen MR) is 100 cm³/mol. The van der Waals surface area contributed by atoms with E-state index in [2.05, 4.69) is 10.2 Å². The molecule has 2 heterocycles. The molecule has 9 heteroatoms. The van der Waals surface area contributed by atoms with Crippen LogP contribution in [0.3, 0.4) is 0 Å². The second-order valence-corrected chi connectivity index (χ2v) is 7.15. The van der Waals surface area contributed by atoms with Crippen LogP contribution in [0.25, 0.3) is 0 Å². The molecule has 0 unspecified atom stereocenters. The molecule has 7 nitrogen and oxygen atoms in total. The summed E-state index contributed by atoms with van der Waals surface area (Å²) in [6, 6.07) is 4.04. The molecule has 1 N–H and O–H groups in total. The first-order valence-corrected chi connectivity index (χ1v) is 9.44. The van der Waals surface area contributed by atoms with Crippen LogP contribution in [-0.2, 0) is 14.3 Å². The summed E-state index contributed by atoms with van der Waals surface area (Å²) in [6.45, 7) is 5.87. The van der Waals surface area contributed by atoms with Gasteiger partial charge in [0.15, 0.2) is 0 Å². The molecule has 2 amide bonds. The van der Waals surface area contributed by atoms with Gasteiger partial charge in [-0.05, 0) is 18.2 Å². The molecule has 3 rings (SSSR count). The van der Waals surface area contributed by atoms with Gasteiger partial charge in [0, 0.05) is 44.3 Å². The molecule has 0 aliphatic carbocycles. The van der Waals surface area contributed by atoms with Gasteiger partial charge < -0.3 is 15.0 Å². The number of hydrogen-bond donors (Lipinski definition) is 1. The molecule has 0 atom stereocenters. The third-order valence-electron chi connectivity index (χ3n) is 4.76. The lowest BCUT2D eigenvalue weighted by molar-refractivity contribution is -0.135. The minimum atomic E-state index is -0.522. The van der Waals surface area contributed by atoms with Gasteiger partial charge >= 0.3 is 0 Å². The molecule has 0 bridgehead atoms. The lowest BCUT2D eigenvalue weighted by Gasteiger charge is -2.36. The lowest BCUT2D eigenvalue weighted by Crippen LogP contribution is -2.53. The highest BCUT2D eigenvalue weighted by molar-refractivity contribution is 6.30. The van der Waals surface area contributed by atoms with E-state index >= 15 is 0 Å². The smallest absolute Gasteiger partial charge is 0.238 e. The van der Waals surface area contributed by atoms with Gasteiger partial charge in [0.1, 0.15) is 5.82 Å². The molecule has 0 saturated carbocycles. The fourth-order valence-electron chi connectivity index (χ4n) is 3.19. The molecule has 2 fully saturated rings. The van der Waals surface area contributed by atoms with Crippen LogP contribution in [0.5, 0.6) is 0 Å². The third kappa shape index (κ3) is 5.87. The second kappa shape index (κ2) is 9.45. The quantitative estimate of drug-likeness (QED) is 0.798. The van der Waals surface area contributed by atoms with E-state index < -0.39 is 5.82 Å². The lowest BCUT2D eigenvalue weighted by atomic mass is 10.2. The molecule has 2 aliphatic rings. The molecule has 0 spiro atoms. The van der Waals surface area contributed by atoms with Crippen LogP contribution in [0.2, 0.25) is 5.02 Å². The van der Waals surface area contributed by atoms with Crippen molar-refractivity contribution < 1.29 is 18.7 Å². The Kier molecular flexibility index (Phi) is 7.01. The second-order valence-electron chi connectivity index (χ2n) is 6.72. The van der Waals surface area contributed by atoms with Crippen molar-refractivity contribution in [1.82, 2.24) is 14.7 Å². The number of hydrogen-bond acceptors (Lipinski definition) is 5. The van der Waals surface area contributed by atoms with Gasteiger partial charge in [-0.1, -0.05) is 11.6 Å². The van der Waals surface area contributed by atoms with E-state index in [-0.39, 0.29) is 24.0 Å². The fraction of sp³-hybridized carbons (Fsp3) is 0.556. The average Bonchev–Trinajstić information content (AvgIpc) is 2.66. The van der Waals surface area contributed by atoms with Gasteiger partial charge in [-0.2, -0.15) is 0 Å². The Balaban J connectivity index is 1.41. The molecule has 27 heavy (non-hydrogen) atoms. The van der Waals surface area contributed by atoms with E-state index in [1.807, 2.05) is 9.80 Å². The van der Waals surface area contributed by atoms with Crippen LogP contribution >= 0.6 is 11.6 Å². The van der Waals surface area contributed by atoms with Crippen molar-refractivity contribution in [3.05, 3.63) is 29.0 Å². The number of halogens is 2. The van der Waals surface area contributed by atoms with E-state index in [9.17, 15) is 14.0 Å². The first kappa shape index (κ1) is 20.0. The van der Waals surface area contributed by atoms with Crippen molar-refractivity contribution >= 4 is 29.1 Å². The van der Waals surface area contributed by atoms with Crippen LogP contribution in [0.15, 0.2) is 18.2 Å². The van der Waals surface area contributed by atoms with E-state index in [1.54, 1.807) is 0 Å². The maximum absolute atomic E-state index is 13.7. The van der Waals surface area contributed by atoms with Crippen molar-refractivity contribution in [3.63, 3.8) is 0 Å². The van der Waals surface area contributed by atoms with E-state index in [1.165, 1.54) is 18.2 Å². The number of nitrogens with one attached hydrogen (secondary N) is 1. The zero-order valence-electron chi connectivity index (χ0n) is 15.1. The molecule has 2 saturated heterocycles. The summed E-state index contributed by atoms with van der Waals surface area (Å²) in [5.41, 5.74) is 0.0758. The molecule has 0 aromatic heterocycles. The highest BCUT2D eigenvalue weighted by Crippen LogP contribution is 2.19. The first-order valence-electron chi connectivity index (χ1n) is 9.06. The summed E-state index contributed by atoms with van der Waals surface area (Å²) >= 11 is 5.83. The largest absolute Gasteiger partial charge is 0.379 e. The average molecular weight is 399 g/mol. The van der Waals surface area contributed by atoms with Crippen molar-refractivity contribution in [3.8, 4) is 0 Å². The topological polar surface area (TPSA) is 65.1 Å². The first-order chi connectivity index (χ1) is 13.0. The monoisotopic (exact) mass is 398 g/mol. The van der Waals surface area contributed by atoms with E-state index in [0.29, 0.717) is 51.0 Å². The summed E-state index contributed by atoms with van der Waals surface area (Å²) in [5.74, 6) is -0.711. The number of amides is 2. The Labute approximate surface area is 163 Å². The van der Waals surface area contributed by atoms with Crippen molar-refractivity contribution in [2.45, 2.75) is 0 Å². The fourth-order valence-corrected chi connectivity index (χ4v) is 3.36. The van der Waals surface area contributed by atoms with Crippen molar-refractivity contribution in [1.29, 1.82) is 0 Å². The van der Waals surface area contributed by atoms with Gasteiger partial charge in [-0.3, -0.25) is 19.4 Å². The summed E-state index contributed by atoms with van der Waals surface area (Å²) in [4.78, 5) is 30.4. The summed E-state index contributed by atoms with van der Waals surface area (Å²) < 4.78 is 19.0. The number of morpholine rings is 1. The summed E-state index contributed by atoms with van der Waals surface area (Å²) in [7, 11) is 0. The summed E-state index contributed by atoms with van der Waals surface area (Å²) in [6.07, 6.45) is 0. The van der Waals surface area contributed by atoms with Crippen LogP contribution < -0.4 is 5.32 Å². The predicted octanol–water partition coefficient (Wildman–Crippen LogP) is 0.894. The minimum Gasteiger partial charge on any atom is -0.379 e.